The molecule has 2 rings (SSSR count). The maximum atomic E-state index is 10.8. The molecule has 1 aromatic rings. The Balaban J connectivity index is 2.11. The summed E-state index contributed by atoms with van der Waals surface area (Å²) in [5, 5.41) is 10.8. The van der Waals surface area contributed by atoms with E-state index in [0.29, 0.717) is 10.7 Å². The van der Waals surface area contributed by atoms with Crippen LogP contribution in [0.2, 0.25) is 0 Å². The van der Waals surface area contributed by atoms with Crippen LogP contribution in [0.1, 0.15) is 38.7 Å². The highest BCUT2D eigenvalue weighted by molar-refractivity contribution is 9.10. The highest BCUT2D eigenvalue weighted by Crippen LogP contribution is 2.40. The summed E-state index contributed by atoms with van der Waals surface area (Å²) in [6.07, 6.45) is 4.72. The van der Waals surface area contributed by atoms with Gasteiger partial charge in [-0.15, -0.1) is 0 Å². The zero-order valence-corrected chi connectivity index (χ0v) is 15.6. The van der Waals surface area contributed by atoms with Crippen LogP contribution in [-0.4, -0.2) is 9.75 Å². The van der Waals surface area contributed by atoms with Gasteiger partial charge in [-0.05, 0) is 49.0 Å². The quantitative estimate of drug-likeness (QED) is 0.355. The van der Waals surface area contributed by atoms with E-state index in [1.54, 1.807) is 12.1 Å². The van der Waals surface area contributed by atoms with Crippen molar-refractivity contribution in [3.8, 4) is 0 Å². The molecule has 0 spiro atoms. The van der Waals surface area contributed by atoms with Gasteiger partial charge in [0.05, 0.1) is 4.92 Å². The Bertz CT molecular complexity index is 519. The number of alkyl halides is 1. The molecule has 0 saturated heterocycles. The van der Waals surface area contributed by atoms with Crippen molar-refractivity contribution >= 4 is 37.5 Å². The number of nitro groups is 1. The van der Waals surface area contributed by atoms with Crippen LogP contribution in [0.25, 0.3) is 0 Å². The van der Waals surface area contributed by atoms with Crippen molar-refractivity contribution in [2.45, 2.75) is 44.4 Å². The summed E-state index contributed by atoms with van der Waals surface area (Å²) in [4.78, 5) is 11.0. The van der Waals surface area contributed by atoms with Crippen LogP contribution < -0.4 is 0 Å². The van der Waals surface area contributed by atoms with E-state index >= 15 is 0 Å². The van der Waals surface area contributed by atoms with Gasteiger partial charge in [0.25, 0.3) is 5.69 Å². The molecule has 0 bridgehead atoms. The molecule has 3 nitrogen and oxygen atoms in total. The number of hydrogen-bond donors (Lipinski definition) is 0. The van der Waals surface area contributed by atoms with Crippen LogP contribution in [0.4, 0.5) is 5.69 Å². The van der Waals surface area contributed by atoms with E-state index in [1.165, 1.54) is 24.8 Å². The van der Waals surface area contributed by atoms with Gasteiger partial charge in [0.2, 0.25) is 0 Å². The van der Waals surface area contributed by atoms with Gasteiger partial charge in [-0.25, -0.2) is 0 Å². The van der Waals surface area contributed by atoms with Crippen molar-refractivity contribution in [1.82, 2.24) is 0 Å². The molecule has 116 valence electrons. The molecule has 1 fully saturated rings. The molecule has 1 aromatic carbocycles. The van der Waals surface area contributed by atoms with E-state index < -0.39 is 0 Å². The molecule has 3 unspecified atom stereocenters. The normalized spacial score (nSPS) is 26.0. The Hall–Kier alpha value is -0.420. The zero-order valence-electron chi connectivity index (χ0n) is 12.4. The van der Waals surface area contributed by atoms with Crippen molar-refractivity contribution in [2.75, 3.05) is 0 Å². The van der Waals surface area contributed by atoms with Crippen molar-refractivity contribution in [1.29, 1.82) is 0 Å². The number of nitrogens with zero attached hydrogens (tertiary/aromatic N) is 1. The first-order chi connectivity index (χ1) is 9.88. The third-order valence-corrected chi connectivity index (χ3v) is 6.55. The molecule has 5 heteroatoms. The van der Waals surface area contributed by atoms with Gasteiger partial charge in [0.15, 0.2) is 0 Å². The van der Waals surface area contributed by atoms with E-state index in [0.717, 1.165) is 22.7 Å². The second kappa shape index (κ2) is 7.23. The molecule has 0 aliphatic heterocycles. The van der Waals surface area contributed by atoms with Crippen LogP contribution in [-0.2, 0) is 6.42 Å². The summed E-state index contributed by atoms with van der Waals surface area (Å²) in [7, 11) is 0. The highest BCUT2D eigenvalue weighted by atomic mass is 79.9. The highest BCUT2D eigenvalue weighted by Gasteiger charge is 2.30. The summed E-state index contributed by atoms with van der Waals surface area (Å²) in [5.74, 6) is 2.12. The Morgan fingerprint density at radius 3 is 2.67 bits per heavy atom. The van der Waals surface area contributed by atoms with E-state index in [9.17, 15) is 10.1 Å². The van der Waals surface area contributed by atoms with Gasteiger partial charge in [0.1, 0.15) is 0 Å². The van der Waals surface area contributed by atoms with Crippen LogP contribution in [0.3, 0.4) is 0 Å². The maximum absolute atomic E-state index is 10.8. The number of non-ortho nitro benzene ring substituents is 1. The predicted octanol–water partition coefficient (Wildman–Crippen LogP) is 5.74. The molecule has 1 aliphatic carbocycles. The first kappa shape index (κ1) is 16.9. The molecule has 21 heavy (non-hydrogen) atoms. The average molecular weight is 419 g/mol. The van der Waals surface area contributed by atoms with Gasteiger partial charge in [-0.2, -0.15) is 0 Å². The lowest BCUT2D eigenvalue weighted by Gasteiger charge is -2.35. The third kappa shape index (κ3) is 4.28. The van der Waals surface area contributed by atoms with Crippen LogP contribution in [0.15, 0.2) is 22.7 Å². The Kier molecular flexibility index (Phi) is 5.83. The Morgan fingerprint density at radius 1 is 1.38 bits per heavy atom. The van der Waals surface area contributed by atoms with Crippen LogP contribution in [0.5, 0.6) is 0 Å². The van der Waals surface area contributed by atoms with Crippen molar-refractivity contribution in [3.05, 3.63) is 38.3 Å². The molecule has 1 aliphatic rings. The number of nitro benzene ring substituents is 1. The predicted molar refractivity (Wildman–Crippen MR) is 92.9 cm³/mol. The first-order valence-electron chi connectivity index (χ1n) is 7.45. The standard InChI is InChI=1S/C16H21Br2NO2/c1-10(2)11-4-6-15(17)13(7-11)8-12-3-5-14(19(20)21)9-16(12)18/h3,5,9-11,13,15H,4,6-8H2,1-2H3. The number of rotatable bonds is 4. The molecule has 0 aromatic heterocycles. The van der Waals surface area contributed by atoms with Gasteiger partial charge < -0.3 is 0 Å². The van der Waals surface area contributed by atoms with Gasteiger partial charge in [-0.3, -0.25) is 10.1 Å². The van der Waals surface area contributed by atoms with Gasteiger partial charge in [0, 0.05) is 21.4 Å². The van der Waals surface area contributed by atoms with Crippen molar-refractivity contribution in [2.24, 2.45) is 17.8 Å². The first-order valence-corrected chi connectivity index (χ1v) is 9.16. The second-order valence-corrected chi connectivity index (χ2v) is 8.36. The lowest BCUT2D eigenvalue weighted by Crippen LogP contribution is -2.29. The van der Waals surface area contributed by atoms with Crippen LogP contribution >= 0.6 is 31.9 Å². The van der Waals surface area contributed by atoms with Gasteiger partial charge >= 0.3 is 0 Å². The molecule has 0 radical (unpaired) electrons. The molecular formula is C16H21Br2NO2. The minimum absolute atomic E-state index is 0.143. The average Bonchev–Trinajstić information content (AvgIpc) is 2.42. The van der Waals surface area contributed by atoms with E-state index in [2.05, 4.69) is 45.7 Å². The fraction of sp³-hybridized carbons (Fsp3) is 0.625. The molecule has 0 amide bonds. The smallest absolute Gasteiger partial charge is 0.258 e. The largest absolute Gasteiger partial charge is 0.270 e. The van der Waals surface area contributed by atoms with Gasteiger partial charge in [-0.1, -0.05) is 51.8 Å². The third-order valence-electron chi connectivity index (χ3n) is 4.60. The lowest BCUT2D eigenvalue weighted by molar-refractivity contribution is -0.384. The summed E-state index contributed by atoms with van der Waals surface area (Å²) >= 11 is 7.31. The molecule has 1 saturated carbocycles. The van der Waals surface area contributed by atoms with E-state index in [4.69, 9.17) is 0 Å². The summed E-state index contributed by atoms with van der Waals surface area (Å²) in [5.41, 5.74) is 1.31. The van der Waals surface area contributed by atoms with E-state index in [1.807, 2.05) is 6.07 Å². The fourth-order valence-electron chi connectivity index (χ4n) is 3.18. The Labute approximate surface area is 142 Å². The number of benzene rings is 1. The van der Waals surface area contributed by atoms with Crippen molar-refractivity contribution < 1.29 is 4.92 Å². The molecule has 0 heterocycles. The second-order valence-electron chi connectivity index (χ2n) is 6.33. The minimum Gasteiger partial charge on any atom is -0.258 e. The zero-order chi connectivity index (χ0) is 15.6. The topological polar surface area (TPSA) is 43.1 Å². The lowest BCUT2D eigenvalue weighted by atomic mass is 9.74. The van der Waals surface area contributed by atoms with Crippen molar-refractivity contribution in [3.63, 3.8) is 0 Å². The number of halogens is 2. The summed E-state index contributed by atoms with van der Waals surface area (Å²) in [6.45, 7) is 4.61. The minimum atomic E-state index is -0.350. The monoisotopic (exact) mass is 417 g/mol. The maximum Gasteiger partial charge on any atom is 0.270 e. The summed E-state index contributed by atoms with van der Waals surface area (Å²) < 4.78 is 0.850. The SMILES string of the molecule is CC(C)C1CCC(Br)C(Cc2ccc([N+](=O)[O-])cc2Br)C1. The summed E-state index contributed by atoms with van der Waals surface area (Å²) in [6, 6.07) is 5.11. The molecule has 0 N–H and O–H groups in total. The Morgan fingerprint density at radius 2 is 2.10 bits per heavy atom. The van der Waals surface area contributed by atoms with Crippen LogP contribution in [0, 0.1) is 27.9 Å². The molecule has 3 atom stereocenters. The van der Waals surface area contributed by atoms with E-state index in [-0.39, 0.29) is 10.6 Å². The fourth-order valence-corrected chi connectivity index (χ4v) is 4.37. The number of hydrogen-bond acceptors (Lipinski definition) is 2. The molecular weight excluding hydrogens is 398 g/mol.